The van der Waals surface area contributed by atoms with Crippen molar-refractivity contribution >= 4 is 5.91 Å². The van der Waals surface area contributed by atoms with Crippen molar-refractivity contribution in [1.82, 2.24) is 9.80 Å². The Bertz CT molecular complexity index is 725. The number of carbonyl (C=O) groups excluding carboxylic acids is 1. The fourth-order valence-electron chi connectivity index (χ4n) is 4.81. The number of benzene rings is 1. The number of carbonyl (C=O) groups is 1. The molecule has 28 heavy (non-hydrogen) atoms. The van der Waals surface area contributed by atoms with Crippen molar-refractivity contribution in [3.05, 3.63) is 17.7 Å². The molecule has 1 aromatic rings. The van der Waals surface area contributed by atoms with Crippen LogP contribution in [0.4, 0.5) is 0 Å². The Balaban J connectivity index is 1.46. The largest absolute Gasteiger partial charge is 0.496 e. The lowest BCUT2D eigenvalue weighted by Gasteiger charge is -2.48. The Labute approximate surface area is 166 Å². The molecule has 2 saturated heterocycles. The summed E-state index contributed by atoms with van der Waals surface area (Å²) in [6, 6.07) is 3.96. The van der Waals surface area contributed by atoms with Crippen molar-refractivity contribution in [1.29, 1.82) is 0 Å². The number of methoxy groups -OCH3 is 2. The van der Waals surface area contributed by atoms with Gasteiger partial charge in [0.05, 0.1) is 13.7 Å². The maximum atomic E-state index is 12.3. The van der Waals surface area contributed by atoms with Gasteiger partial charge in [0.15, 0.2) is 11.5 Å². The Morgan fingerprint density at radius 1 is 1.14 bits per heavy atom. The van der Waals surface area contributed by atoms with E-state index in [1.165, 1.54) is 6.42 Å². The van der Waals surface area contributed by atoms with Gasteiger partial charge < -0.3 is 23.8 Å². The Hall–Kier alpha value is -1.99. The zero-order chi connectivity index (χ0) is 19.6. The molecule has 0 saturated carbocycles. The standard InChI is InChI=1S/C21H30N2O5/c1-25-9-8-23-14-21(6-4-20(23)24)5-3-7-22(13-21)12-16-10-18-19(28-15-27-18)11-17(16)26-2/h10-11H,3-9,12-15H2,1-2H3/t21-/m0/s1. The lowest BCUT2D eigenvalue weighted by molar-refractivity contribution is -0.140. The molecule has 1 spiro atoms. The van der Waals surface area contributed by atoms with Gasteiger partial charge in [-0.2, -0.15) is 0 Å². The summed E-state index contributed by atoms with van der Waals surface area (Å²) in [6.45, 7) is 5.26. The van der Waals surface area contributed by atoms with E-state index in [2.05, 4.69) is 4.90 Å². The Morgan fingerprint density at radius 3 is 2.75 bits per heavy atom. The summed E-state index contributed by atoms with van der Waals surface area (Å²) in [5.41, 5.74) is 1.30. The third kappa shape index (κ3) is 3.91. The highest BCUT2D eigenvalue weighted by Gasteiger charge is 2.41. The predicted octanol–water partition coefficient (Wildman–Crippen LogP) is 2.27. The SMILES string of the molecule is COCCN1C[C@@]2(CCCN(Cc3cc4c(cc3OC)OCO4)C2)CCC1=O. The molecule has 0 bridgehead atoms. The fraction of sp³-hybridized carbons (Fsp3) is 0.667. The minimum absolute atomic E-state index is 0.184. The monoisotopic (exact) mass is 390 g/mol. The number of piperidine rings is 2. The number of fused-ring (bicyclic) bond motifs is 1. The van der Waals surface area contributed by atoms with Gasteiger partial charge >= 0.3 is 0 Å². The van der Waals surface area contributed by atoms with Gasteiger partial charge in [-0.1, -0.05) is 0 Å². The fourth-order valence-corrected chi connectivity index (χ4v) is 4.81. The van der Waals surface area contributed by atoms with Gasteiger partial charge in [-0.05, 0) is 31.9 Å². The lowest BCUT2D eigenvalue weighted by Crippen LogP contribution is -2.54. The average molecular weight is 390 g/mol. The zero-order valence-electron chi connectivity index (χ0n) is 16.9. The van der Waals surface area contributed by atoms with Crippen molar-refractivity contribution in [2.45, 2.75) is 32.2 Å². The van der Waals surface area contributed by atoms with Crippen molar-refractivity contribution in [2.24, 2.45) is 5.41 Å². The number of rotatable bonds is 6. The van der Waals surface area contributed by atoms with Crippen molar-refractivity contribution in [2.75, 3.05) is 53.8 Å². The third-order valence-electron chi connectivity index (χ3n) is 6.22. The van der Waals surface area contributed by atoms with Crippen LogP contribution in [0.25, 0.3) is 0 Å². The van der Waals surface area contributed by atoms with Crippen LogP contribution in [0.1, 0.15) is 31.2 Å². The van der Waals surface area contributed by atoms with Gasteiger partial charge in [0.1, 0.15) is 5.75 Å². The van der Waals surface area contributed by atoms with E-state index in [9.17, 15) is 4.79 Å². The van der Waals surface area contributed by atoms with E-state index in [0.29, 0.717) is 19.6 Å². The van der Waals surface area contributed by atoms with Crippen LogP contribution in [-0.2, 0) is 16.1 Å². The van der Waals surface area contributed by atoms with Gasteiger partial charge in [-0.3, -0.25) is 9.69 Å². The average Bonchev–Trinajstić information content (AvgIpc) is 3.16. The first kappa shape index (κ1) is 19.3. The van der Waals surface area contributed by atoms with Crippen molar-refractivity contribution in [3.63, 3.8) is 0 Å². The summed E-state index contributed by atoms with van der Waals surface area (Å²) in [5, 5.41) is 0. The maximum absolute atomic E-state index is 12.3. The van der Waals surface area contributed by atoms with Crippen LogP contribution in [0.5, 0.6) is 17.2 Å². The van der Waals surface area contributed by atoms with E-state index < -0.39 is 0 Å². The minimum atomic E-state index is 0.184. The van der Waals surface area contributed by atoms with E-state index in [0.717, 1.165) is 61.8 Å². The van der Waals surface area contributed by atoms with E-state index in [-0.39, 0.29) is 18.1 Å². The molecule has 0 aliphatic carbocycles. The topological polar surface area (TPSA) is 60.5 Å². The van der Waals surface area contributed by atoms with Crippen molar-refractivity contribution < 1.29 is 23.7 Å². The molecule has 1 atom stereocenters. The minimum Gasteiger partial charge on any atom is -0.496 e. The molecule has 2 fully saturated rings. The van der Waals surface area contributed by atoms with Gasteiger partial charge in [0.25, 0.3) is 0 Å². The molecule has 0 aromatic heterocycles. The smallest absolute Gasteiger partial charge is 0.231 e. The molecule has 154 valence electrons. The molecular formula is C21H30N2O5. The van der Waals surface area contributed by atoms with Crippen LogP contribution in [0.3, 0.4) is 0 Å². The number of ether oxygens (including phenoxy) is 4. The number of amides is 1. The predicted molar refractivity (Wildman–Crippen MR) is 104 cm³/mol. The second-order valence-electron chi connectivity index (χ2n) is 8.14. The zero-order valence-corrected chi connectivity index (χ0v) is 16.9. The third-order valence-corrected chi connectivity index (χ3v) is 6.22. The van der Waals surface area contributed by atoms with Crippen LogP contribution < -0.4 is 14.2 Å². The van der Waals surface area contributed by atoms with Gasteiger partial charge in [0, 0.05) is 56.8 Å². The van der Waals surface area contributed by atoms with Crippen molar-refractivity contribution in [3.8, 4) is 17.2 Å². The summed E-state index contributed by atoms with van der Waals surface area (Å²) in [4.78, 5) is 16.8. The molecular weight excluding hydrogens is 360 g/mol. The molecule has 3 heterocycles. The van der Waals surface area contributed by atoms with Crippen LogP contribution in [0.15, 0.2) is 12.1 Å². The molecule has 7 nitrogen and oxygen atoms in total. The molecule has 3 aliphatic rings. The van der Waals surface area contributed by atoms with Crippen LogP contribution in [-0.4, -0.2) is 69.5 Å². The van der Waals surface area contributed by atoms with Crippen LogP contribution >= 0.6 is 0 Å². The van der Waals surface area contributed by atoms with Crippen LogP contribution in [0, 0.1) is 5.41 Å². The number of likely N-dealkylation sites (tertiary alicyclic amines) is 2. The number of hydrogen-bond donors (Lipinski definition) is 0. The summed E-state index contributed by atoms with van der Waals surface area (Å²) >= 11 is 0. The van der Waals surface area contributed by atoms with Gasteiger partial charge in [-0.25, -0.2) is 0 Å². The van der Waals surface area contributed by atoms with Gasteiger partial charge in [0.2, 0.25) is 12.7 Å². The molecule has 0 radical (unpaired) electrons. The maximum Gasteiger partial charge on any atom is 0.231 e. The molecule has 3 aliphatic heterocycles. The molecule has 1 aromatic carbocycles. The van der Waals surface area contributed by atoms with E-state index in [4.69, 9.17) is 18.9 Å². The highest BCUT2D eigenvalue weighted by Crippen LogP contribution is 2.41. The first-order chi connectivity index (χ1) is 13.6. The summed E-state index contributed by atoms with van der Waals surface area (Å²) < 4.78 is 21.8. The lowest BCUT2D eigenvalue weighted by atomic mass is 9.73. The molecule has 7 heteroatoms. The molecule has 0 unspecified atom stereocenters. The summed E-state index contributed by atoms with van der Waals surface area (Å²) in [6.07, 6.45) is 3.95. The quantitative estimate of drug-likeness (QED) is 0.743. The highest BCUT2D eigenvalue weighted by atomic mass is 16.7. The van der Waals surface area contributed by atoms with E-state index in [1.807, 2.05) is 17.0 Å². The second-order valence-corrected chi connectivity index (χ2v) is 8.14. The van der Waals surface area contributed by atoms with Gasteiger partial charge in [-0.15, -0.1) is 0 Å². The second kappa shape index (κ2) is 8.17. The summed E-state index contributed by atoms with van der Waals surface area (Å²) in [5.74, 6) is 2.63. The highest BCUT2D eigenvalue weighted by molar-refractivity contribution is 5.77. The first-order valence-electron chi connectivity index (χ1n) is 10.1. The molecule has 4 rings (SSSR count). The van der Waals surface area contributed by atoms with Crippen LogP contribution in [0.2, 0.25) is 0 Å². The normalized spacial score (nSPS) is 24.8. The number of hydrogen-bond acceptors (Lipinski definition) is 6. The molecule has 1 amide bonds. The van der Waals surface area contributed by atoms with E-state index >= 15 is 0 Å². The molecule has 0 N–H and O–H groups in total. The number of nitrogens with zero attached hydrogens (tertiary/aromatic N) is 2. The van der Waals surface area contributed by atoms with E-state index in [1.54, 1.807) is 14.2 Å². The Kier molecular flexibility index (Phi) is 5.64. The summed E-state index contributed by atoms with van der Waals surface area (Å²) in [7, 11) is 3.38. The Morgan fingerprint density at radius 2 is 1.96 bits per heavy atom. The first-order valence-corrected chi connectivity index (χ1v) is 10.1.